The molecule has 114 valence electrons. The first-order chi connectivity index (χ1) is 9.78. The highest BCUT2D eigenvalue weighted by Crippen LogP contribution is 2.31. The number of aromatic nitrogens is 2. The van der Waals surface area contributed by atoms with Crippen molar-refractivity contribution in [1.82, 2.24) is 10.1 Å². The van der Waals surface area contributed by atoms with Crippen LogP contribution in [0.25, 0.3) is 0 Å². The summed E-state index contributed by atoms with van der Waals surface area (Å²) < 4.78 is 5.33. The molecule has 2 aromatic rings. The van der Waals surface area contributed by atoms with Crippen LogP contribution in [-0.4, -0.2) is 16.7 Å². The average molecular weight is 309 g/mol. The average Bonchev–Trinajstić information content (AvgIpc) is 2.88. The number of nitrogens with zero attached hydrogens (tertiary/aromatic N) is 3. The van der Waals surface area contributed by atoms with Gasteiger partial charge < -0.3 is 15.2 Å². The van der Waals surface area contributed by atoms with Crippen molar-refractivity contribution in [3.05, 3.63) is 35.5 Å². The number of anilines is 2. The second-order valence-electron chi connectivity index (χ2n) is 5.22. The fraction of sp³-hybridized carbons (Fsp3) is 0.467. The number of halogens is 1. The van der Waals surface area contributed by atoms with Gasteiger partial charge in [-0.1, -0.05) is 18.1 Å². The molecule has 1 aliphatic rings. The molecule has 3 rings (SSSR count). The molecule has 1 aromatic heterocycles. The Bertz CT molecular complexity index is 599. The zero-order valence-corrected chi connectivity index (χ0v) is 13.0. The summed E-state index contributed by atoms with van der Waals surface area (Å²) in [6.45, 7) is 3.77. The Morgan fingerprint density at radius 2 is 2.24 bits per heavy atom. The first-order valence-electron chi connectivity index (χ1n) is 7.21. The molecule has 2 heterocycles. The number of hydrogen-bond acceptors (Lipinski definition) is 5. The van der Waals surface area contributed by atoms with Gasteiger partial charge in [0.25, 0.3) is 0 Å². The second kappa shape index (κ2) is 6.80. The molecule has 5 nitrogen and oxygen atoms in total. The van der Waals surface area contributed by atoms with Gasteiger partial charge >= 0.3 is 0 Å². The number of nitrogen functional groups attached to an aromatic ring is 1. The molecule has 0 fully saturated rings. The molecule has 0 radical (unpaired) electrons. The van der Waals surface area contributed by atoms with Crippen LogP contribution in [0.15, 0.2) is 22.7 Å². The first kappa shape index (κ1) is 15.6. The van der Waals surface area contributed by atoms with Gasteiger partial charge in [0.05, 0.1) is 6.54 Å². The molecule has 0 aliphatic carbocycles. The van der Waals surface area contributed by atoms with Crippen LogP contribution in [-0.2, 0) is 19.4 Å². The van der Waals surface area contributed by atoms with E-state index in [0.29, 0.717) is 12.4 Å². The molecule has 0 amide bonds. The maximum Gasteiger partial charge on any atom is 0.246 e. The zero-order chi connectivity index (χ0) is 13.9. The van der Waals surface area contributed by atoms with Gasteiger partial charge in [0.2, 0.25) is 5.89 Å². The third kappa shape index (κ3) is 3.29. The molecular weight excluding hydrogens is 288 g/mol. The summed E-state index contributed by atoms with van der Waals surface area (Å²) >= 11 is 0. The van der Waals surface area contributed by atoms with Gasteiger partial charge in [-0.2, -0.15) is 4.98 Å². The minimum atomic E-state index is 0. The van der Waals surface area contributed by atoms with Crippen molar-refractivity contribution in [3.8, 4) is 0 Å². The van der Waals surface area contributed by atoms with E-state index in [1.807, 2.05) is 12.1 Å². The molecule has 0 atom stereocenters. The molecule has 0 unspecified atom stereocenters. The zero-order valence-electron chi connectivity index (χ0n) is 12.2. The predicted molar refractivity (Wildman–Crippen MR) is 85.8 cm³/mol. The van der Waals surface area contributed by atoms with Crippen LogP contribution in [0, 0.1) is 0 Å². The minimum absolute atomic E-state index is 0. The van der Waals surface area contributed by atoms with E-state index in [-0.39, 0.29) is 12.4 Å². The lowest BCUT2D eigenvalue weighted by atomic mass is 10.00. The quantitative estimate of drug-likeness (QED) is 0.879. The molecular formula is C15H21ClN4O. The number of benzene rings is 1. The van der Waals surface area contributed by atoms with E-state index < -0.39 is 0 Å². The van der Waals surface area contributed by atoms with Gasteiger partial charge in [0.1, 0.15) is 0 Å². The van der Waals surface area contributed by atoms with Crippen molar-refractivity contribution in [1.29, 1.82) is 0 Å². The van der Waals surface area contributed by atoms with Crippen molar-refractivity contribution in [2.24, 2.45) is 0 Å². The Hall–Kier alpha value is -1.75. The highest BCUT2D eigenvalue weighted by atomic mass is 35.5. The van der Waals surface area contributed by atoms with E-state index in [9.17, 15) is 0 Å². The van der Waals surface area contributed by atoms with E-state index in [4.69, 9.17) is 10.3 Å². The summed E-state index contributed by atoms with van der Waals surface area (Å²) in [4.78, 5) is 6.71. The number of aryl methyl sites for hydroxylation is 1. The van der Waals surface area contributed by atoms with E-state index in [1.165, 1.54) is 11.3 Å². The Morgan fingerprint density at radius 3 is 3.05 bits per heavy atom. The van der Waals surface area contributed by atoms with Gasteiger partial charge in [0, 0.05) is 24.3 Å². The number of fused-ring (bicyclic) bond motifs is 1. The van der Waals surface area contributed by atoms with Crippen LogP contribution in [0.4, 0.5) is 11.4 Å². The van der Waals surface area contributed by atoms with Gasteiger partial charge in [-0.3, -0.25) is 0 Å². The SMILES string of the molecule is CCCc1noc(CN2CCCc3c(N)cccc32)n1.Cl. The van der Waals surface area contributed by atoms with Crippen LogP contribution in [0.3, 0.4) is 0 Å². The minimum Gasteiger partial charge on any atom is -0.398 e. The predicted octanol–water partition coefficient (Wildman–Crippen LogP) is 2.98. The van der Waals surface area contributed by atoms with Gasteiger partial charge in [-0.05, 0) is 37.0 Å². The van der Waals surface area contributed by atoms with E-state index >= 15 is 0 Å². The lowest BCUT2D eigenvalue weighted by Crippen LogP contribution is -2.29. The summed E-state index contributed by atoms with van der Waals surface area (Å²) in [6.07, 6.45) is 4.05. The van der Waals surface area contributed by atoms with Gasteiger partial charge in [-0.25, -0.2) is 0 Å². The van der Waals surface area contributed by atoms with Crippen molar-refractivity contribution < 1.29 is 4.52 Å². The van der Waals surface area contributed by atoms with Crippen molar-refractivity contribution >= 4 is 23.8 Å². The molecule has 1 aromatic carbocycles. The summed E-state index contributed by atoms with van der Waals surface area (Å²) in [5.41, 5.74) is 9.38. The molecule has 6 heteroatoms. The molecule has 0 spiro atoms. The maximum absolute atomic E-state index is 6.06. The monoisotopic (exact) mass is 308 g/mol. The Labute approximate surface area is 130 Å². The smallest absolute Gasteiger partial charge is 0.246 e. The van der Waals surface area contributed by atoms with Gasteiger partial charge in [0.15, 0.2) is 5.82 Å². The molecule has 0 bridgehead atoms. The van der Waals surface area contributed by atoms with Crippen LogP contribution >= 0.6 is 12.4 Å². The second-order valence-corrected chi connectivity index (χ2v) is 5.22. The van der Waals surface area contributed by atoms with Crippen molar-refractivity contribution in [2.45, 2.75) is 39.2 Å². The molecule has 2 N–H and O–H groups in total. The van der Waals surface area contributed by atoms with Crippen molar-refractivity contribution in [3.63, 3.8) is 0 Å². The van der Waals surface area contributed by atoms with E-state index in [2.05, 4.69) is 28.0 Å². The third-order valence-corrected chi connectivity index (χ3v) is 3.69. The standard InChI is InChI=1S/C15H20N4O.ClH/c1-2-5-14-17-15(20-18-14)10-19-9-4-6-11-12(16)7-3-8-13(11)19;/h3,7-8H,2,4-6,9-10,16H2,1H3;1H. The summed E-state index contributed by atoms with van der Waals surface area (Å²) in [7, 11) is 0. The number of nitrogens with two attached hydrogens (primary N) is 1. The van der Waals surface area contributed by atoms with Crippen LogP contribution in [0.2, 0.25) is 0 Å². The molecule has 0 saturated heterocycles. The largest absolute Gasteiger partial charge is 0.398 e. The Balaban J connectivity index is 0.00000161. The number of hydrogen-bond donors (Lipinski definition) is 1. The van der Waals surface area contributed by atoms with E-state index in [1.54, 1.807) is 0 Å². The highest BCUT2D eigenvalue weighted by Gasteiger charge is 2.20. The molecule has 0 saturated carbocycles. The fourth-order valence-corrected chi connectivity index (χ4v) is 2.73. The van der Waals surface area contributed by atoms with Crippen molar-refractivity contribution in [2.75, 3.05) is 17.2 Å². The van der Waals surface area contributed by atoms with Crippen LogP contribution in [0.1, 0.15) is 37.0 Å². The van der Waals surface area contributed by atoms with Crippen LogP contribution < -0.4 is 10.6 Å². The fourth-order valence-electron chi connectivity index (χ4n) is 2.73. The van der Waals surface area contributed by atoms with Gasteiger partial charge in [-0.15, -0.1) is 12.4 Å². The Morgan fingerprint density at radius 1 is 1.38 bits per heavy atom. The summed E-state index contributed by atoms with van der Waals surface area (Å²) in [5, 5.41) is 4.01. The molecule has 1 aliphatic heterocycles. The Kier molecular flexibility index (Phi) is 5.07. The normalized spacial score (nSPS) is 13.7. The maximum atomic E-state index is 6.06. The van der Waals surface area contributed by atoms with E-state index in [0.717, 1.165) is 43.7 Å². The lowest BCUT2D eigenvalue weighted by Gasteiger charge is -2.30. The topological polar surface area (TPSA) is 68.2 Å². The summed E-state index contributed by atoms with van der Waals surface area (Å²) in [6, 6.07) is 6.09. The number of rotatable bonds is 4. The first-order valence-corrected chi connectivity index (χ1v) is 7.21. The van der Waals surface area contributed by atoms with Crippen LogP contribution in [0.5, 0.6) is 0 Å². The summed E-state index contributed by atoms with van der Waals surface area (Å²) in [5.74, 6) is 1.48. The molecule has 21 heavy (non-hydrogen) atoms. The third-order valence-electron chi connectivity index (χ3n) is 3.69. The lowest BCUT2D eigenvalue weighted by molar-refractivity contribution is 0.369. The highest BCUT2D eigenvalue weighted by molar-refractivity contribution is 5.85.